The molecule has 1 aliphatic rings. The zero-order chi connectivity index (χ0) is 12.5. The van der Waals surface area contributed by atoms with Crippen LogP contribution in [0.2, 0.25) is 0 Å². The van der Waals surface area contributed by atoms with E-state index in [1.54, 1.807) is 10.9 Å². The monoisotopic (exact) mass is 236 g/mol. The summed E-state index contributed by atoms with van der Waals surface area (Å²) in [7, 11) is 1.82. The quantitative estimate of drug-likeness (QED) is 0.785. The van der Waals surface area contributed by atoms with Crippen molar-refractivity contribution in [2.75, 3.05) is 13.1 Å². The number of rotatable bonds is 5. The van der Waals surface area contributed by atoms with E-state index >= 15 is 0 Å². The molecule has 1 saturated carbocycles. The minimum Gasteiger partial charge on any atom is -0.351 e. The highest BCUT2D eigenvalue weighted by atomic mass is 16.1. The van der Waals surface area contributed by atoms with Gasteiger partial charge in [0.15, 0.2) is 0 Å². The van der Waals surface area contributed by atoms with Crippen molar-refractivity contribution in [3.8, 4) is 0 Å². The van der Waals surface area contributed by atoms with E-state index in [0.29, 0.717) is 12.1 Å². The molecule has 0 radical (unpaired) electrons. The van der Waals surface area contributed by atoms with Crippen molar-refractivity contribution in [3.05, 3.63) is 17.5 Å². The van der Waals surface area contributed by atoms with Crippen LogP contribution in [0.1, 0.15) is 35.3 Å². The SMILES string of the molecule is Cc1nn(C)cc1C(=O)NCC1(CCN)CC1. The maximum absolute atomic E-state index is 12.0. The smallest absolute Gasteiger partial charge is 0.254 e. The molecule has 1 heterocycles. The van der Waals surface area contributed by atoms with E-state index in [1.807, 2.05) is 14.0 Å². The van der Waals surface area contributed by atoms with Crippen LogP contribution in [0.3, 0.4) is 0 Å². The summed E-state index contributed by atoms with van der Waals surface area (Å²) in [6.45, 7) is 3.28. The van der Waals surface area contributed by atoms with Gasteiger partial charge in [0.1, 0.15) is 0 Å². The van der Waals surface area contributed by atoms with Crippen LogP contribution in [-0.2, 0) is 7.05 Å². The van der Waals surface area contributed by atoms with Gasteiger partial charge >= 0.3 is 0 Å². The zero-order valence-corrected chi connectivity index (χ0v) is 10.5. The van der Waals surface area contributed by atoms with Crippen LogP contribution in [-0.4, -0.2) is 28.8 Å². The molecule has 5 nitrogen and oxygen atoms in total. The maximum atomic E-state index is 12.0. The van der Waals surface area contributed by atoms with Gasteiger partial charge in [-0.2, -0.15) is 5.10 Å². The second-order valence-electron chi connectivity index (χ2n) is 5.02. The van der Waals surface area contributed by atoms with Gasteiger partial charge in [-0.15, -0.1) is 0 Å². The summed E-state index contributed by atoms with van der Waals surface area (Å²) in [6, 6.07) is 0. The Morgan fingerprint density at radius 1 is 1.65 bits per heavy atom. The third-order valence-electron chi connectivity index (χ3n) is 3.51. The van der Waals surface area contributed by atoms with Crippen LogP contribution in [0.4, 0.5) is 0 Å². The van der Waals surface area contributed by atoms with Crippen molar-refractivity contribution in [1.82, 2.24) is 15.1 Å². The molecular formula is C12H20N4O. The number of aromatic nitrogens is 2. The van der Waals surface area contributed by atoms with Crippen LogP contribution in [0, 0.1) is 12.3 Å². The summed E-state index contributed by atoms with van der Waals surface area (Å²) < 4.78 is 1.66. The van der Waals surface area contributed by atoms with E-state index < -0.39 is 0 Å². The largest absolute Gasteiger partial charge is 0.351 e. The van der Waals surface area contributed by atoms with Crippen molar-refractivity contribution in [2.45, 2.75) is 26.2 Å². The number of aryl methyl sites for hydroxylation is 2. The third kappa shape index (κ3) is 2.66. The first kappa shape index (κ1) is 12.1. The molecule has 0 unspecified atom stereocenters. The summed E-state index contributed by atoms with van der Waals surface area (Å²) in [4.78, 5) is 12.0. The average Bonchev–Trinajstić information content (AvgIpc) is 2.95. The molecule has 0 spiro atoms. The summed E-state index contributed by atoms with van der Waals surface area (Å²) in [5.74, 6) is -0.0288. The van der Waals surface area contributed by atoms with Gasteiger partial charge in [0.25, 0.3) is 5.91 Å². The molecule has 1 aliphatic carbocycles. The molecule has 1 aromatic heterocycles. The Kier molecular flexibility index (Phi) is 3.19. The van der Waals surface area contributed by atoms with Gasteiger partial charge in [-0.25, -0.2) is 0 Å². The molecule has 17 heavy (non-hydrogen) atoms. The summed E-state index contributed by atoms with van der Waals surface area (Å²) >= 11 is 0. The maximum Gasteiger partial charge on any atom is 0.254 e. The number of nitrogens with two attached hydrogens (primary N) is 1. The first-order chi connectivity index (χ1) is 8.06. The molecule has 1 amide bonds. The van der Waals surface area contributed by atoms with Gasteiger partial charge in [0, 0.05) is 19.8 Å². The van der Waals surface area contributed by atoms with Crippen molar-refractivity contribution >= 4 is 5.91 Å². The van der Waals surface area contributed by atoms with Gasteiger partial charge in [0.05, 0.1) is 11.3 Å². The Morgan fingerprint density at radius 3 is 2.82 bits per heavy atom. The van der Waals surface area contributed by atoms with Crippen molar-refractivity contribution in [1.29, 1.82) is 0 Å². The lowest BCUT2D eigenvalue weighted by atomic mass is 10.0. The van der Waals surface area contributed by atoms with Crippen LogP contribution in [0.15, 0.2) is 6.20 Å². The van der Waals surface area contributed by atoms with E-state index in [2.05, 4.69) is 10.4 Å². The fourth-order valence-electron chi connectivity index (χ4n) is 2.18. The fraction of sp³-hybridized carbons (Fsp3) is 0.667. The highest BCUT2D eigenvalue weighted by Gasteiger charge is 2.41. The molecule has 2 rings (SSSR count). The van der Waals surface area contributed by atoms with Crippen LogP contribution in [0.25, 0.3) is 0 Å². The molecule has 0 bridgehead atoms. The summed E-state index contributed by atoms with van der Waals surface area (Å²) in [6.07, 6.45) is 5.11. The number of hydrogen-bond acceptors (Lipinski definition) is 3. The molecule has 0 aromatic carbocycles. The molecule has 5 heteroatoms. The lowest BCUT2D eigenvalue weighted by Crippen LogP contribution is -2.31. The third-order valence-corrected chi connectivity index (χ3v) is 3.51. The van der Waals surface area contributed by atoms with Crippen molar-refractivity contribution < 1.29 is 4.79 Å². The van der Waals surface area contributed by atoms with E-state index in [-0.39, 0.29) is 11.3 Å². The van der Waals surface area contributed by atoms with Gasteiger partial charge in [0.2, 0.25) is 0 Å². The highest BCUT2D eigenvalue weighted by Crippen LogP contribution is 2.47. The Bertz CT molecular complexity index is 420. The van der Waals surface area contributed by atoms with Crippen LogP contribution < -0.4 is 11.1 Å². The first-order valence-electron chi connectivity index (χ1n) is 6.05. The molecule has 94 valence electrons. The minimum atomic E-state index is -0.0288. The number of carbonyl (C=O) groups excluding carboxylic acids is 1. The standard InChI is InChI=1S/C12H20N4O/c1-9-10(7-16(2)15-9)11(17)14-8-12(3-4-12)5-6-13/h7H,3-6,8,13H2,1-2H3,(H,14,17). The highest BCUT2D eigenvalue weighted by molar-refractivity contribution is 5.95. The zero-order valence-electron chi connectivity index (χ0n) is 10.5. The molecular weight excluding hydrogens is 216 g/mol. The number of nitrogens with zero attached hydrogens (tertiary/aromatic N) is 2. The predicted octanol–water partition coefficient (Wildman–Crippen LogP) is 0.587. The lowest BCUT2D eigenvalue weighted by molar-refractivity contribution is 0.0943. The van der Waals surface area contributed by atoms with Crippen LogP contribution in [0.5, 0.6) is 0 Å². The first-order valence-corrected chi connectivity index (χ1v) is 6.05. The molecule has 1 fully saturated rings. The van der Waals surface area contributed by atoms with E-state index in [9.17, 15) is 4.79 Å². The predicted molar refractivity (Wildman–Crippen MR) is 65.6 cm³/mol. The molecule has 3 N–H and O–H groups in total. The number of hydrogen-bond donors (Lipinski definition) is 2. The Balaban J connectivity index is 1.92. The Hall–Kier alpha value is -1.36. The van der Waals surface area contributed by atoms with Gasteiger partial charge in [-0.05, 0) is 38.1 Å². The van der Waals surface area contributed by atoms with Crippen molar-refractivity contribution in [3.63, 3.8) is 0 Å². The normalized spacial score (nSPS) is 16.9. The number of amides is 1. The molecule has 0 saturated heterocycles. The second-order valence-corrected chi connectivity index (χ2v) is 5.02. The minimum absolute atomic E-state index is 0.0288. The van der Waals surface area contributed by atoms with Gasteiger partial charge < -0.3 is 11.1 Å². The van der Waals surface area contributed by atoms with E-state index in [1.165, 1.54) is 12.8 Å². The van der Waals surface area contributed by atoms with Gasteiger partial charge in [-0.1, -0.05) is 0 Å². The average molecular weight is 236 g/mol. The summed E-state index contributed by atoms with van der Waals surface area (Å²) in [5, 5.41) is 7.16. The summed E-state index contributed by atoms with van der Waals surface area (Å²) in [5.41, 5.74) is 7.29. The molecule has 1 aromatic rings. The Labute approximate surface area is 101 Å². The van der Waals surface area contributed by atoms with E-state index in [0.717, 1.165) is 18.7 Å². The number of carbonyl (C=O) groups is 1. The molecule has 0 aliphatic heterocycles. The van der Waals surface area contributed by atoms with Crippen molar-refractivity contribution in [2.24, 2.45) is 18.2 Å². The molecule has 0 atom stereocenters. The fourth-order valence-corrected chi connectivity index (χ4v) is 2.18. The van der Waals surface area contributed by atoms with E-state index in [4.69, 9.17) is 5.73 Å². The van der Waals surface area contributed by atoms with Gasteiger partial charge in [-0.3, -0.25) is 9.48 Å². The lowest BCUT2D eigenvalue weighted by Gasteiger charge is -2.14. The second kappa shape index (κ2) is 4.49. The number of nitrogens with one attached hydrogen (secondary N) is 1. The Morgan fingerprint density at radius 2 is 2.35 bits per heavy atom. The van der Waals surface area contributed by atoms with Crippen LogP contribution >= 0.6 is 0 Å². The topological polar surface area (TPSA) is 72.9 Å².